The Hall–Kier alpha value is -1.85. The Kier molecular flexibility index (Phi) is 6.76. The highest BCUT2D eigenvalue weighted by Crippen LogP contribution is 2.17. The number of halogens is 2. The number of amides is 1. The third kappa shape index (κ3) is 6.36. The number of rotatable bonds is 8. The van der Waals surface area contributed by atoms with E-state index in [1.54, 1.807) is 12.1 Å². The molecule has 0 radical (unpaired) electrons. The Morgan fingerprint density at radius 2 is 1.95 bits per heavy atom. The van der Waals surface area contributed by atoms with Crippen LogP contribution in [-0.4, -0.2) is 25.1 Å². The van der Waals surface area contributed by atoms with Gasteiger partial charge in [-0.05, 0) is 37.6 Å². The maximum atomic E-state index is 12.0. The molecule has 1 atom stereocenters. The lowest BCUT2D eigenvalue weighted by atomic mass is 10.2. The van der Waals surface area contributed by atoms with Gasteiger partial charge in [-0.2, -0.15) is 8.78 Å². The van der Waals surface area contributed by atoms with Gasteiger partial charge in [0.25, 0.3) is 0 Å². The summed E-state index contributed by atoms with van der Waals surface area (Å²) in [6, 6.07) is 6.16. The first-order chi connectivity index (χ1) is 9.51. The molecule has 1 amide bonds. The largest absolute Gasteiger partial charge is 0.435 e. The fourth-order valence-corrected chi connectivity index (χ4v) is 1.77. The average Bonchev–Trinajstić information content (AvgIpc) is 2.37. The minimum absolute atomic E-state index is 0.0894. The normalized spacial score (nSPS) is 12.1. The van der Waals surface area contributed by atoms with E-state index in [1.807, 2.05) is 6.92 Å². The lowest BCUT2D eigenvalue weighted by molar-refractivity contribution is -0.120. The van der Waals surface area contributed by atoms with Crippen molar-refractivity contribution in [2.75, 3.05) is 11.9 Å². The molecule has 0 aliphatic heterocycles. The summed E-state index contributed by atoms with van der Waals surface area (Å²) in [4.78, 5) is 11.6. The standard InChI is InChI=1S/C14H20F2N2O2/c1-3-4-10(2)18-13(19)9-17-11-5-7-12(8-6-11)20-14(15)16/h5-8,10,14,17H,3-4,9H2,1-2H3,(H,18,19). The van der Waals surface area contributed by atoms with E-state index in [0.717, 1.165) is 12.8 Å². The summed E-state index contributed by atoms with van der Waals surface area (Å²) in [7, 11) is 0. The van der Waals surface area contributed by atoms with E-state index in [9.17, 15) is 13.6 Å². The molecule has 0 aliphatic carbocycles. The summed E-state index contributed by atoms with van der Waals surface area (Å²) in [6.07, 6.45) is 1.95. The van der Waals surface area contributed by atoms with Crippen LogP contribution in [0, 0.1) is 0 Å². The van der Waals surface area contributed by atoms with Crippen molar-refractivity contribution < 1.29 is 18.3 Å². The summed E-state index contributed by atoms with van der Waals surface area (Å²) in [5.74, 6) is -0.00886. The second-order valence-corrected chi connectivity index (χ2v) is 4.51. The first-order valence-electron chi connectivity index (χ1n) is 6.59. The smallest absolute Gasteiger partial charge is 0.387 e. The van der Waals surface area contributed by atoms with E-state index in [-0.39, 0.29) is 24.2 Å². The van der Waals surface area contributed by atoms with Crippen molar-refractivity contribution in [1.82, 2.24) is 5.32 Å². The highest BCUT2D eigenvalue weighted by molar-refractivity contribution is 5.80. The summed E-state index contributed by atoms with van der Waals surface area (Å²) >= 11 is 0. The molecule has 0 saturated heterocycles. The fraction of sp³-hybridized carbons (Fsp3) is 0.500. The number of nitrogens with one attached hydrogen (secondary N) is 2. The molecular weight excluding hydrogens is 266 g/mol. The zero-order chi connectivity index (χ0) is 15.0. The molecule has 0 bridgehead atoms. The molecule has 0 spiro atoms. The maximum absolute atomic E-state index is 12.0. The van der Waals surface area contributed by atoms with Crippen LogP contribution in [0.4, 0.5) is 14.5 Å². The molecule has 6 heteroatoms. The molecule has 20 heavy (non-hydrogen) atoms. The van der Waals surface area contributed by atoms with E-state index >= 15 is 0 Å². The van der Waals surface area contributed by atoms with E-state index in [2.05, 4.69) is 22.3 Å². The van der Waals surface area contributed by atoms with Crippen LogP contribution in [0.25, 0.3) is 0 Å². The van der Waals surface area contributed by atoms with Gasteiger partial charge in [0.1, 0.15) is 5.75 Å². The number of anilines is 1. The zero-order valence-corrected chi connectivity index (χ0v) is 11.7. The van der Waals surface area contributed by atoms with Crippen LogP contribution >= 0.6 is 0 Å². The Morgan fingerprint density at radius 1 is 1.30 bits per heavy atom. The molecule has 2 N–H and O–H groups in total. The van der Waals surface area contributed by atoms with Gasteiger partial charge in [-0.1, -0.05) is 13.3 Å². The second-order valence-electron chi connectivity index (χ2n) is 4.51. The van der Waals surface area contributed by atoms with Gasteiger partial charge >= 0.3 is 6.61 Å². The fourth-order valence-electron chi connectivity index (χ4n) is 1.77. The summed E-state index contributed by atoms with van der Waals surface area (Å²) < 4.78 is 28.2. The highest BCUT2D eigenvalue weighted by atomic mass is 19.3. The van der Waals surface area contributed by atoms with Gasteiger partial charge in [-0.15, -0.1) is 0 Å². The van der Waals surface area contributed by atoms with Gasteiger partial charge in [0.15, 0.2) is 0 Å². The quantitative estimate of drug-likeness (QED) is 0.772. The highest BCUT2D eigenvalue weighted by Gasteiger charge is 2.07. The molecule has 4 nitrogen and oxygen atoms in total. The van der Waals surface area contributed by atoms with Gasteiger partial charge in [0.2, 0.25) is 5.91 Å². The molecule has 1 unspecified atom stereocenters. The predicted molar refractivity (Wildman–Crippen MR) is 74.1 cm³/mol. The molecular formula is C14H20F2N2O2. The molecule has 112 valence electrons. The molecule has 0 saturated carbocycles. The third-order valence-corrected chi connectivity index (χ3v) is 2.66. The van der Waals surface area contributed by atoms with E-state index in [0.29, 0.717) is 5.69 Å². The number of carbonyl (C=O) groups excluding carboxylic acids is 1. The molecule has 0 heterocycles. The van der Waals surface area contributed by atoms with Crippen LogP contribution < -0.4 is 15.4 Å². The van der Waals surface area contributed by atoms with E-state index in [1.165, 1.54) is 12.1 Å². The van der Waals surface area contributed by atoms with Crippen molar-refractivity contribution in [3.05, 3.63) is 24.3 Å². The number of carbonyl (C=O) groups is 1. The third-order valence-electron chi connectivity index (χ3n) is 2.66. The molecule has 0 aliphatic rings. The zero-order valence-electron chi connectivity index (χ0n) is 11.7. The Morgan fingerprint density at radius 3 is 2.50 bits per heavy atom. The van der Waals surface area contributed by atoms with E-state index in [4.69, 9.17) is 0 Å². The van der Waals surface area contributed by atoms with Crippen molar-refractivity contribution in [1.29, 1.82) is 0 Å². The lowest BCUT2D eigenvalue weighted by Crippen LogP contribution is -2.36. The molecule has 0 aromatic heterocycles. The summed E-state index contributed by atoms with van der Waals surface area (Å²) in [5, 5.41) is 5.78. The van der Waals surface area contributed by atoms with Gasteiger partial charge in [-0.25, -0.2) is 0 Å². The minimum Gasteiger partial charge on any atom is -0.435 e. The first-order valence-corrected chi connectivity index (χ1v) is 6.59. The summed E-state index contributed by atoms with van der Waals surface area (Å²) in [6.45, 7) is 1.32. The maximum Gasteiger partial charge on any atom is 0.387 e. The number of benzene rings is 1. The summed E-state index contributed by atoms with van der Waals surface area (Å²) in [5.41, 5.74) is 0.671. The monoisotopic (exact) mass is 286 g/mol. The second kappa shape index (κ2) is 8.35. The van der Waals surface area contributed by atoms with Crippen LogP contribution in [0.15, 0.2) is 24.3 Å². The topological polar surface area (TPSA) is 50.4 Å². The SMILES string of the molecule is CCCC(C)NC(=O)CNc1ccc(OC(F)F)cc1. The van der Waals surface area contributed by atoms with Crippen molar-refractivity contribution >= 4 is 11.6 Å². The predicted octanol–water partition coefficient (Wildman–Crippen LogP) is 3.00. The Balaban J connectivity index is 2.36. The van der Waals surface area contributed by atoms with E-state index < -0.39 is 6.61 Å². The number of alkyl halides is 2. The number of hydrogen-bond donors (Lipinski definition) is 2. The lowest BCUT2D eigenvalue weighted by Gasteiger charge is -2.13. The van der Waals surface area contributed by atoms with Crippen molar-refractivity contribution in [2.45, 2.75) is 39.3 Å². The van der Waals surface area contributed by atoms with Gasteiger partial charge < -0.3 is 15.4 Å². The number of hydrogen-bond acceptors (Lipinski definition) is 3. The van der Waals surface area contributed by atoms with Crippen LogP contribution in [0.3, 0.4) is 0 Å². The van der Waals surface area contributed by atoms with Gasteiger partial charge in [-0.3, -0.25) is 4.79 Å². The van der Waals surface area contributed by atoms with Gasteiger partial charge in [0, 0.05) is 11.7 Å². The molecule has 1 rings (SSSR count). The molecule has 1 aromatic carbocycles. The van der Waals surface area contributed by atoms with Crippen LogP contribution in [0.2, 0.25) is 0 Å². The number of ether oxygens (including phenoxy) is 1. The van der Waals surface area contributed by atoms with Crippen molar-refractivity contribution in [3.63, 3.8) is 0 Å². The first kappa shape index (κ1) is 16.2. The van der Waals surface area contributed by atoms with Gasteiger partial charge in [0.05, 0.1) is 6.54 Å². The molecule has 0 fully saturated rings. The minimum atomic E-state index is -2.83. The Bertz CT molecular complexity index is 410. The van der Waals surface area contributed by atoms with Crippen LogP contribution in [-0.2, 0) is 4.79 Å². The van der Waals surface area contributed by atoms with Crippen molar-refractivity contribution in [3.8, 4) is 5.75 Å². The average molecular weight is 286 g/mol. The van der Waals surface area contributed by atoms with Crippen LogP contribution in [0.5, 0.6) is 5.75 Å². The Labute approximate surface area is 117 Å². The van der Waals surface area contributed by atoms with Crippen LogP contribution in [0.1, 0.15) is 26.7 Å². The molecule has 1 aromatic rings. The van der Waals surface area contributed by atoms with Crippen molar-refractivity contribution in [2.24, 2.45) is 0 Å².